The summed E-state index contributed by atoms with van der Waals surface area (Å²) in [6.07, 6.45) is -4.54. The predicted octanol–water partition coefficient (Wildman–Crippen LogP) is 7.04. The number of nitrogens with one attached hydrogen (secondary N) is 2. The number of hydrogen-bond donors (Lipinski definition) is 2. The number of thioether (sulfide) groups is 1. The van der Waals surface area contributed by atoms with Crippen molar-refractivity contribution in [2.45, 2.75) is 30.2 Å². The molecule has 0 heterocycles. The molecule has 0 fully saturated rings. The number of amides is 2. The summed E-state index contributed by atoms with van der Waals surface area (Å²) in [6.45, 7) is 3.49. The van der Waals surface area contributed by atoms with Crippen LogP contribution in [0.1, 0.15) is 28.4 Å². The van der Waals surface area contributed by atoms with E-state index in [-0.39, 0.29) is 16.6 Å². The van der Waals surface area contributed by atoms with Gasteiger partial charge in [0.15, 0.2) is 0 Å². The summed E-state index contributed by atoms with van der Waals surface area (Å²) in [5.74, 6) is -0.711. The van der Waals surface area contributed by atoms with Gasteiger partial charge in [-0.05, 0) is 67.9 Å². The van der Waals surface area contributed by atoms with Crippen molar-refractivity contribution in [2.75, 3.05) is 10.6 Å². The van der Waals surface area contributed by atoms with Crippen molar-refractivity contribution < 1.29 is 22.8 Å². The topological polar surface area (TPSA) is 58.2 Å². The number of carbonyl (C=O) groups excluding carboxylic acids is 2. The molecule has 33 heavy (non-hydrogen) atoms. The smallest absolute Gasteiger partial charge is 0.324 e. The predicted molar refractivity (Wildman–Crippen MR) is 126 cm³/mol. The van der Waals surface area contributed by atoms with Crippen LogP contribution >= 0.6 is 23.4 Å². The average Bonchev–Trinajstić information content (AvgIpc) is 2.76. The molecular weight excluding hydrogens is 473 g/mol. The molecule has 0 saturated heterocycles. The van der Waals surface area contributed by atoms with Gasteiger partial charge in [0.05, 0.1) is 21.5 Å². The average molecular weight is 493 g/mol. The van der Waals surface area contributed by atoms with Crippen LogP contribution in [0.25, 0.3) is 0 Å². The summed E-state index contributed by atoms with van der Waals surface area (Å²) in [5.41, 5.74) is 1.04. The number of benzene rings is 3. The van der Waals surface area contributed by atoms with Crippen LogP contribution in [-0.4, -0.2) is 17.1 Å². The Morgan fingerprint density at radius 1 is 0.970 bits per heavy atom. The summed E-state index contributed by atoms with van der Waals surface area (Å²) < 4.78 is 38.8. The molecular formula is C24H20ClF3N2O2S. The molecule has 1 atom stereocenters. The SMILES string of the molecule is Cc1ccccc1C(=O)Nc1ccc(SC(C)C(=O)Nc2cc(C(F)(F)F)ccc2Cl)cc1. The van der Waals surface area contributed by atoms with Gasteiger partial charge in [-0.1, -0.05) is 29.8 Å². The highest BCUT2D eigenvalue weighted by molar-refractivity contribution is 8.00. The standard InChI is InChI=1S/C24H20ClF3N2O2S/c1-14-5-3-4-6-19(14)23(32)29-17-8-10-18(11-9-17)33-15(2)22(31)30-21-13-16(24(26,27)28)7-12-20(21)25/h3-13,15H,1-2H3,(H,29,32)(H,30,31). The zero-order chi connectivity index (χ0) is 24.2. The Hall–Kier alpha value is -2.97. The minimum atomic E-state index is -4.54. The number of hydrogen-bond acceptors (Lipinski definition) is 3. The van der Waals surface area contributed by atoms with E-state index >= 15 is 0 Å². The Morgan fingerprint density at radius 3 is 2.27 bits per heavy atom. The van der Waals surface area contributed by atoms with E-state index in [2.05, 4.69) is 10.6 Å². The first-order valence-corrected chi connectivity index (χ1v) is 11.1. The molecule has 4 nitrogen and oxygen atoms in total. The summed E-state index contributed by atoms with van der Waals surface area (Å²) >= 11 is 7.17. The van der Waals surface area contributed by atoms with E-state index in [1.807, 2.05) is 19.1 Å². The molecule has 0 bridgehead atoms. The van der Waals surface area contributed by atoms with Crippen molar-refractivity contribution in [1.29, 1.82) is 0 Å². The molecule has 3 aromatic carbocycles. The quantitative estimate of drug-likeness (QED) is 0.363. The number of rotatable bonds is 6. The number of halogens is 4. The summed E-state index contributed by atoms with van der Waals surface area (Å²) in [5, 5.41) is 4.69. The molecule has 0 spiro atoms. The van der Waals surface area contributed by atoms with Gasteiger partial charge < -0.3 is 10.6 Å². The highest BCUT2D eigenvalue weighted by Crippen LogP contribution is 2.34. The van der Waals surface area contributed by atoms with Gasteiger partial charge in [0.1, 0.15) is 0 Å². The summed E-state index contributed by atoms with van der Waals surface area (Å²) in [7, 11) is 0. The number of anilines is 2. The van der Waals surface area contributed by atoms with Crippen LogP contribution in [0.2, 0.25) is 5.02 Å². The van der Waals surface area contributed by atoms with Crippen LogP contribution in [0.4, 0.5) is 24.5 Å². The molecule has 0 saturated carbocycles. The lowest BCUT2D eigenvalue weighted by Gasteiger charge is -2.15. The van der Waals surface area contributed by atoms with Crippen LogP contribution < -0.4 is 10.6 Å². The van der Waals surface area contributed by atoms with Gasteiger partial charge in [-0.2, -0.15) is 13.2 Å². The number of carbonyl (C=O) groups is 2. The van der Waals surface area contributed by atoms with E-state index in [4.69, 9.17) is 11.6 Å². The van der Waals surface area contributed by atoms with Gasteiger partial charge >= 0.3 is 6.18 Å². The van der Waals surface area contributed by atoms with E-state index in [0.717, 1.165) is 28.7 Å². The van der Waals surface area contributed by atoms with E-state index in [1.54, 1.807) is 43.3 Å². The summed E-state index contributed by atoms with van der Waals surface area (Å²) in [4.78, 5) is 25.7. The summed E-state index contributed by atoms with van der Waals surface area (Å²) in [6, 6.07) is 16.9. The van der Waals surface area contributed by atoms with Gasteiger partial charge in [0.25, 0.3) is 5.91 Å². The lowest BCUT2D eigenvalue weighted by molar-refractivity contribution is -0.137. The molecule has 0 radical (unpaired) electrons. The number of aryl methyl sites for hydroxylation is 1. The first-order valence-electron chi connectivity index (χ1n) is 9.86. The minimum Gasteiger partial charge on any atom is -0.324 e. The maximum atomic E-state index is 12.9. The molecule has 9 heteroatoms. The van der Waals surface area contributed by atoms with Crippen molar-refractivity contribution in [2.24, 2.45) is 0 Å². The molecule has 172 valence electrons. The molecule has 0 aliphatic carbocycles. The lowest BCUT2D eigenvalue weighted by Crippen LogP contribution is -2.23. The fourth-order valence-electron chi connectivity index (χ4n) is 2.93. The Kier molecular flexibility index (Phi) is 7.71. The molecule has 3 rings (SSSR count). The molecule has 0 aliphatic heterocycles. The third-order valence-electron chi connectivity index (χ3n) is 4.74. The molecule has 2 N–H and O–H groups in total. The Balaban J connectivity index is 1.61. The largest absolute Gasteiger partial charge is 0.416 e. The Labute approximate surface area is 198 Å². The van der Waals surface area contributed by atoms with Crippen molar-refractivity contribution in [1.82, 2.24) is 0 Å². The highest BCUT2D eigenvalue weighted by atomic mass is 35.5. The van der Waals surface area contributed by atoms with Gasteiger partial charge in [0.2, 0.25) is 5.91 Å². The molecule has 2 amide bonds. The minimum absolute atomic E-state index is 0.0160. The van der Waals surface area contributed by atoms with E-state index in [9.17, 15) is 22.8 Å². The second kappa shape index (κ2) is 10.3. The van der Waals surface area contributed by atoms with Gasteiger partial charge in [0, 0.05) is 16.1 Å². The zero-order valence-electron chi connectivity index (χ0n) is 17.7. The van der Waals surface area contributed by atoms with E-state index in [0.29, 0.717) is 11.3 Å². The number of alkyl halides is 3. The molecule has 1 unspecified atom stereocenters. The first-order chi connectivity index (χ1) is 15.5. The monoisotopic (exact) mass is 492 g/mol. The fourth-order valence-corrected chi connectivity index (χ4v) is 3.96. The fraction of sp³-hybridized carbons (Fsp3) is 0.167. The Bertz CT molecular complexity index is 1170. The van der Waals surface area contributed by atoms with Crippen LogP contribution in [-0.2, 0) is 11.0 Å². The Morgan fingerprint density at radius 2 is 1.64 bits per heavy atom. The normalized spacial score (nSPS) is 12.2. The van der Waals surface area contributed by atoms with Gasteiger partial charge in [-0.25, -0.2) is 0 Å². The van der Waals surface area contributed by atoms with E-state index < -0.39 is 22.9 Å². The van der Waals surface area contributed by atoms with Crippen LogP contribution in [0.15, 0.2) is 71.6 Å². The van der Waals surface area contributed by atoms with Crippen molar-refractivity contribution >= 4 is 46.6 Å². The highest BCUT2D eigenvalue weighted by Gasteiger charge is 2.31. The second-order valence-electron chi connectivity index (χ2n) is 7.24. The van der Waals surface area contributed by atoms with Crippen LogP contribution in [0, 0.1) is 6.92 Å². The maximum absolute atomic E-state index is 12.9. The van der Waals surface area contributed by atoms with Gasteiger partial charge in [-0.3, -0.25) is 9.59 Å². The van der Waals surface area contributed by atoms with Crippen LogP contribution in [0.3, 0.4) is 0 Å². The third-order valence-corrected chi connectivity index (χ3v) is 6.18. The molecule has 0 aliphatic rings. The third kappa shape index (κ3) is 6.52. The first kappa shape index (κ1) is 24.7. The zero-order valence-corrected chi connectivity index (χ0v) is 19.2. The van der Waals surface area contributed by atoms with Crippen molar-refractivity contribution in [3.63, 3.8) is 0 Å². The van der Waals surface area contributed by atoms with Crippen LogP contribution in [0.5, 0.6) is 0 Å². The van der Waals surface area contributed by atoms with Crippen molar-refractivity contribution in [3.05, 3.63) is 88.4 Å². The molecule has 3 aromatic rings. The van der Waals surface area contributed by atoms with Gasteiger partial charge in [-0.15, -0.1) is 11.8 Å². The lowest BCUT2D eigenvalue weighted by atomic mass is 10.1. The second-order valence-corrected chi connectivity index (χ2v) is 9.06. The van der Waals surface area contributed by atoms with Crippen molar-refractivity contribution in [3.8, 4) is 0 Å². The maximum Gasteiger partial charge on any atom is 0.416 e. The van der Waals surface area contributed by atoms with E-state index in [1.165, 1.54) is 11.8 Å². The molecule has 0 aromatic heterocycles.